The lowest BCUT2D eigenvalue weighted by Crippen LogP contribution is -2.20. The number of methoxy groups -OCH3 is 1. The summed E-state index contributed by atoms with van der Waals surface area (Å²) in [5.41, 5.74) is 2.48. The third-order valence-electron chi connectivity index (χ3n) is 2.93. The van der Waals surface area contributed by atoms with Crippen molar-refractivity contribution in [3.05, 3.63) is 42.0 Å². The minimum Gasteiger partial charge on any atom is -0.497 e. The average molecular weight is 218 g/mol. The highest BCUT2D eigenvalue weighted by molar-refractivity contribution is 5.29. The van der Waals surface area contributed by atoms with E-state index in [0.29, 0.717) is 0 Å². The van der Waals surface area contributed by atoms with Gasteiger partial charge in [-0.1, -0.05) is 24.3 Å². The highest BCUT2D eigenvalue weighted by Crippen LogP contribution is 2.34. The summed E-state index contributed by atoms with van der Waals surface area (Å²) >= 11 is 0. The van der Waals surface area contributed by atoms with Gasteiger partial charge < -0.3 is 9.47 Å². The van der Waals surface area contributed by atoms with Crippen LogP contribution in [0.4, 0.5) is 0 Å². The molecule has 1 aliphatic heterocycles. The zero-order chi connectivity index (χ0) is 11.5. The Bertz CT molecular complexity index is 367. The molecule has 2 heteroatoms. The fourth-order valence-electron chi connectivity index (χ4n) is 2.14. The Morgan fingerprint density at radius 2 is 1.94 bits per heavy atom. The number of ether oxygens (including phenoxy) is 2. The van der Waals surface area contributed by atoms with Gasteiger partial charge in [-0.2, -0.15) is 0 Å². The summed E-state index contributed by atoms with van der Waals surface area (Å²) in [4.78, 5) is 0. The van der Waals surface area contributed by atoms with E-state index >= 15 is 0 Å². The van der Waals surface area contributed by atoms with Crippen molar-refractivity contribution in [3.63, 3.8) is 0 Å². The molecule has 16 heavy (non-hydrogen) atoms. The van der Waals surface area contributed by atoms with Gasteiger partial charge in [-0.05, 0) is 37.5 Å². The zero-order valence-corrected chi connectivity index (χ0v) is 9.90. The Hall–Kier alpha value is -1.28. The average Bonchev–Trinajstić information content (AvgIpc) is 2.28. The maximum Gasteiger partial charge on any atom is 0.118 e. The molecule has 1 saturated heterocycles. The van der Waals surface area contributed by atoms with Gasteiger partial charge >= 0.3 is 0 Å². The monoisotopic (exact) mass is 218 g/mol. The molecule has 2 atom stereocenters. The number of hydrogen-bond acceptors (Lipinski definition) is 2. The van der Waals surface area contributed by atoms with Crippen molar-refractivity contribution >= 4 is 0 Å². The fourth-order valence-corrected chi connectivity index (χ4v) is 2.14. The van der Waals surface area contributed by atoms with Gasteiger partial charge in [0.25, 0.3) is 0 Å². The molecule has 0 N–H and O–H groups in total. The van der Waals surface area contributed by atoms with Gasteiger partial charge in [0.05, 0.1) is 19.3 Å². The molecule has 1 aliphatic rings. The summed E-state index contributed by atoms with van der Waals surface area (Å²) in [6.45, 7) is 6.17. The minimum absolute atomic E-state index is 0.155. The highest BCUT2D eigenvalue weighted by atomic mass is 16.5. The van der Waals surface area contributed by atoms with Crippen LogP contribution in [0.15, 0.2) is 36.4 Å². The van der Waals surface area contributed by atoms with Crippen LogP contribution in [0.25, 0.3) is 0 Å². The van der Waals surface area contributed by atoms with Gasteiger partial charge in [-0.3, -0.25) is 0 Å². The molecular formula is C14H18O2. The van der Waals surface area contributed by atoms with E-state index in [1.54, 1.807) is 7.11 Å². The number of benzene rings is 1. The van der Waals surface area contributed by atoms with E-state index in [1.807, 2.05) is 12.1 Å². The van der Waals surface area contributed by atoms with Crippen LogP contribution in [-0.2, 0) is 4.74 Å². The molecule has 0 saturated carbocycles. The second-order valence-electron chi connectivity index (χ2n) is 4.37. The molecular weight excluding hydrogens is 200 g/mol. The van der Waals surface area contributed by atoms with E-state index in [-0.39, 0.29) is 12.2 Å². The van der Waals surface area contributed by atoms with Crippen LogP contribution in [0.3, 0.4) is 0 Å². The molecule has 0 radical (unpaired) electrons. The third-order valence-corrected chi connectivity index (χ3v) is 2.93. The quantitative estimate of drug-likeness (QED) is 0.707. The molecule has 1 aromatic carbocycles. The highest BCUT2D eigenvalue weighted by Gasteiger charge is 2.22. The zero-order valence-electron chi connectivity index (χ0n) is 9.90. The Balaban J connectivity index is 2.13. The predicted octanol–water partition coefficient (Wildman–Crippen LogP) is 3.49. The molecule has 0 bridgehead atoms. The minimum atomic E-state index is 0.155. The summed E-state index contributed by atoms with van der Waals surface area (Å²) in [5, 5.41) is 0. The van der Waals surface area contributed by atoms with E-state index in [9.17, 15) is 0 Å². The summed E-state index contributed by atoms with van der Waals surface area (Å²) in [5.74, 6) is 0.881. The lowest BCUT2D eigenvalue weighted by molar-refractivity contribution is -0.0224. The van der Waals surface area contributed by atoms with Crippen molar-refractivity contribution in [2.24, 2.45) is 0 Å². The SMILES string of the molecule is C=C1C[C@H](C)O[C@@H](c2ccc(OC)cc2)C1. The standard InChI is InChI=1S/C14H18O2/c1-10-8-11(2)16-14(9-10)12-4-6-13(15-3)7-5-12/h4-7,11,14H,1,8-9H2,2-3H3/t11-,14+/m0/s1. The van der Waals surface area contributed by atoms with Crippen molar-refractivity contribution < 1.29 is 9.47 Å². The molecule has 1 fully saturated rings. The van der Waals surface area contributed by atoms with Gasteiger partial charge in [0.15, 0.2) is 0 Å². The van der Waals surface area contributed by atoms with Crippen LogP contribution >= 0.6 is 0 Å². The first kappa shape index (κ1) is 11.2. The first-order chi connectivity index (χ1) is 7.69. The molecule has 0 aliphatic carbocycles. The van der Waals surface area contributed by atoms with Gasteiger partial charge in [-0.15, -0.1) is 0 Å². The summed E-state index contributed by atoms with van der Waals surface area (Å²) in [7, 11) is 1.68. The molecule has 2 nitrogen and oxygen atoms in total. The molecule has 0 unspecified atom stereocenters. The smallest absolute Gasteiger partial charge is 0.118 e. The lowest BCUT2D eigenvalue weighted by atomic mass is 9.95. The predicted molar refractivity (Wildman–Crippen MR) is 64.7 cm³/mol. The molecule has 1 heterocycles. The Morgan fingerprint density at radius 3 is 2.50 bits per heavy atom. The summed E-state index contributed by atoms with van der Waals surface area (Å²) in [6, 6.07) is 8.07. The van der Waals surface area contributed by atoms with E-state index in [0.717, 1.165) is 18.6 Å². The number of hydrogen-bond donors (Lipinski definition) is 0. The molecule has 2 rings (SSSR count). The van der Waals surface area contributed by atoms with E-state index in [1.165, 1.54) is 11.1 Å². The van der Waals surface area contributed by atoms with Crippen LogP contribution in [0.2, 0.25) is 0 Å². The first-order valence-corrected chi connectivity index (χ1v) is 5.65. The molecule has 0 amide bonds. The van der Waals surface area contributed by atoms with Crippen LogP contribution in [0.5, 0.6) is 5.75 Å². The lowest BCUT2D eigenvalue weighted by Gasteiger charge is -2.29. The van der Waals surface area contributed by atoms with Gasteiger partial charge in [0.1, 0.15) is 5.75 Å². The van der Waals surface area contributed by atoms with Crippen LogP contribution < -0.4 is 4.74 Å². The largest absolute Gasteiger partial charge is 0.497 e. The Kier molecular flexibility index (Phi) is 3.30. The second kappa shape index (κ2) is 4.71. The van der Waals surface area contributed by atoms with Gasteiger partial charge in [0.2, 0.25) is 0 Å². The maximum absolute atomic E-state index is 5.91. The van der Waals surface area contributed by atoms with Crippen LogP contribution in [-0.4, -0.2) is 13.2 Å². The number of rotatable bonds is 2. The summed E-state index contributed by atoms with van der Waals surface area (Å²) < 4.78 is 11.1. The second-order valence-corrected chi connectivity index (χ2v) is 4.37. The van der Waals surface area contributed by atoms with E-state index < -0.39 is 0 Å². The Morgan fingerprint density at radius 1 is 1.25 bits per heavy atom. The maximum atomic E-state index is 5.91. The van der Waals surface area contributed by atoms with Crippen molar-refractivity contribution in [1.29, 1.82) is 0 Å². The Labute approximate surface area is 96.9 Å². The van der Waals surface area contributed by atoms with Crippen LogP contribution in [0.1, 0.15) is 31.4 Å². The first-order valence-electron chi connectivity index (χ1n) is 5.65. The fraction of sp³-hybridized carbons (Fsp3) is 0.429. The van der Waals surface area contributed by atoms with Crippen molar-refractivity contribution in [3.8, 4) is 5.75 Å². The molecule has 86 valence electrons. The van der Waals surface area contributed by atoms with Gasteiger partial charge in [-0.25, -0.2) is 0 Å². The van der Waals surface area contributed by atoms with Gasteiger partial charge in [0, 0.05) is 0 Å². The normalized spacial score (nSPS) is 25.5. The third kappa shape index (κ3) is 2.45. The molecule has 0 aromatic heterocycles. The van der Waals surface area contributed by atoms with Crippen LogP contribution in [0, 0.1) is 0 Å². The van der Waals surface area contributed by atoms with Crippen molar-refractivity contribution in [2.45, 2.75) is 32.0 Å². The van der Waals surface area contributed by atoms with E-state index in [4.69, 9.17) is 9.47 Å². The molecule has 1 aromatic rings. The van der Waals surface area contributed by atoms with E-state index in [2.05, 4.69) is 25.6 Å². The topological polar surface area (TPSA) is 18.5 Å². The molecule has 0 spiro atoms. The van der Waals surface area contributed by atoms with Crippen molar-refractivity contribution in [2.75, 3.05) is 7.11 Å². The van der Waals surface area contributed by atoms with Crippen molar-refractivity contribution in [1.82, 2.24) is 0 Å². The summed E-state index contributed by atoms with van der Waals surface area (Å²) in [6.07, 6.45) is 2.33.